The van der Waals surface area contributed by atoms with Gasteiger partial charge < -0.3 is 0 Å². The van der Waals surface area contributed by atoms with Crippen molar-refractivity contribution in [1.29, 1.82) is 5.26 Å². The van der Waals surface area contributed by atoms with Crippen molar-refractivity contribution in [2.45, 2.75) is 13.8 Å². The third kappa shape index (κ3) is 3.17. The second-order valence-corrected chi connectivity index (χ2v) is 4.23. The first kappa shape index (κ1) is 12.8. The number of pyridine rings is 1. The highest BCUT2D eigenvalue weighted by Gasteiger charge is 2.02. The van der Waals surface area contributed by atoms with E-state index in [9.17, 15) is 0 Å². The Bertz CT molecular complexity index is 616. The predicted octanol–water partition coefficient (Wildman–Crippen LogP) is 3.02. The van der Waals surface area contributed by atoms with E-state index in [0.29, 0.717) is 5.82 Å². The first-order valence-corrected chi connectivity index (χ1v) is 5.92. The number of hydrogen-bond donors (Lipinski definition) is 1. The van der Waals surface area contributed by atoms with Gasteiger partial charge in [0.1, 0.15) is 5.82 Å². The molecule has 4 nitrogen and oxygen atoms in total. The van der Waals surface area contributed by atoms with Crippen molar-refractivity contribution in [1.82, 2.24) is 4.98 Å². The minimum absolute atomic E-state index is 0.695. The van der Waals surface area contributed by atoms with Gasteiger partial charge in [0.15, 0.2) is 0 Å². The monoisotopic (exact) mass is 250 g/mol. The summed E-state index contributed by atoms with van der Waals surface area (Å²) in [5, 5.41) is 13.1. The molecule has 19 heavy (non-hydrogen) atoms. The molecule has 0 aliphatic carbocycles. The normalized spacial score (nSPS) is 10.4. The van der Waals surface area contributed by atoms with Crippen LogP contribution in [0.3, 0.4) is 0 Å². The molecule has 1 N–H and O–H groups in total. The average Bonchev–Trinajstić information content (AvgIpc) is 2.40. The van der Waals surface area contributed by atoms with Gasteiger partial charge in [0, 0.05) is 6.20 Å². The molecule has 4 heteroatoms. The summed E-state index contributed by atoms with van der Waals surface area (Å²) in [6, 6.07) is 11.7. The van der Waals surface area contributed by atoms with E-state index in [0.717, 1.165) is 22.3 Å². The number of hydrazone groups is 1. The highest BCUT2D eigenvalue weighted by Crippen LogP contribution is 2.14. The van der Waals surface area contributed by atoms with Crippen LogP contribution < -0.4 is 5.43 Å². The number of benzene rings is 1. The van der Waals surface area contributed by atoms with Crippen LogP contribution in [-0.2, 0) is 0 Å². The maximum Gasteiger partial charge on any atom is 0.146 e. The second kappa shape index (κ2) is 5.78. The number of nitrogens with zero attached hydrogens (tertiary/aromatic N) is 3. The van der Waals surface area contributed by atoms with Gasteiger partial charge in [-0.25, -0.2) is 4.98 Å². The number of nitrogens with one attached hydrogen (secondary N) is 1. The molecule has 0 amide bonds. The highest BCUT2D eigenvalue weighted by atomic mass is 15.3. The van der Waals surface area contributed by atoms with Gasteiger partial charge in [-0.2, -0.15) is 10.4 Å². The van der Waals surface area contributed by atoms with Crippen molar-refractivity contribution in [3.63, 3.8) is 0 Å². The maximum atomic E-state index is 9.01. The van der Waals surface area contributed by atoms with Gasteiger partial charge in [-0.05, 0) is 54.8 Å². The molecule has 0 fully saturated rings. The third-order valence-corrected chi connectivity index (χ3v) is 2.72. The van der Waals surface area contributed by atoms with E-state index in [1.807, 2.05) is 44.2 Å². The van der Waals surface area contributed by atoms with Crippen LogP contribution >= 0.6 is 0 Å². The van der Waals surface area contributed by atoms with Crippen molar-refractivity contribution < 1.29 is 0 Å². The molecule has 1 aromatic carbocycles. The Morgan fingerprint density at radius 3 is 2.58 bits per heavy atom. The number of aromatic nitrogens is 1. The van der Waals surface area contributed by atoms with Crippen molar-refractivity contribution >= 4 is 12.0 Å². The standard InChI is InChI=1S/C15H14N4/c1-11-7-13(8-12(2)14(11)9-16)10-18-19-15-5-3-4-6-17-15/h3-8,10H,1-2H3,(H,17,19)/b18-10+. The Kier molecular flexibility index (Phi) is 3.89. The van der Waals surface area contributed by atoms with Crippen LogP contribution in [0.1, 0.15) is 22.3 Å². The summed E-state index contributed by atoms with van der Waals surface area (Å²) < 4.78 is 0. The number of aryl methyl sites for hydroxylation is 2. The molecule has 0 aliphatic rings. The van der Waals surface area contributed by atoms with Crippen LogP contribution in [0.15, 0.2) is 41.6 Å². The van der Waals surface area contributed by atoms with E-state index < -0.39 is 0 Å². The lowest BCUT2D eigenvalue weighted by molar-refractivity contribution is 1.23. The molecule has 94 valence electrons. The van der Waals surface area contributed by atoms with Crippen molar-refractivity contribution in [3.05, 3.63) is 58.8 Å². The molecular formula is C15H14N4. The van der Waals surface area contributed by atoms with Gasteiger partial charge in [-0.3, -0.25) is 5.43 Å². The van der Waals surface area contributed by atoms with Gasteiger partial charge in [0.2, 0.25) is 0 Å². The Morgan fingerprint density at radius 2 is 2.00 bits per heavy atom. The van der Waals surface area contributed by atoms with Gasteiger partial charge in [-0.1, -0.05) is 6.07 Å². The summed E-state index contributed by atoms with van der Waals surface area (Å²) in [4.78, 5) is 4.10. The average molecular weight is 250 g/mol. The first-order valence-electron chi connectivity index (χ1n) is 5.92. The Hall–Kier alpha value is -2.67. The lowest BCUT2D eigenvalue weighted by Crippen LogP contribution is -1.95. The van der Waals surface area contributed by atoms with Crippen LogP contribution in [-0.4, -0.2) is 11.2 Å². The van der Waals surface area contributed by atoms with Gasteiger partial charge >= 0.3 is 0 Å². The lowest BCUT2D eigenvalue weighted by atomic mass is 10.0. The molecule has 0 aliphatic heterocycles. The Labute approximate surface area is 112 Å². The van der Waals surface area contributed by atoms with Crippen LogP contribution in [0, 0.1) is 25.2 Å². The van der Waals surface area contributed by atoms with E-state index >= 15 is 0 Å². The number of nitriles is 1. The van der Waals surface area contributed by atoms with Crippen LogP contribution in [0.2, 0.25) is 0 Å². The van der Waals surface area contributed by atoms with E-state index in [1.165, 1.54) is 0 Å². The van der Waals surface area contributed by atoms with Gasteiger partial charge in [-0.15, -0.1) is 0 Å². The van der Waals surface area contributed by atoms with Crippen LogP contribution in [0.25, 0.3) is 0 Å². The Balaban J connectivity index is 2.14. The smallest absolute Gasteiger partial charge is 0.146 e. The molecule has 1 heterocycles. The molecule has 0 saturated carbocycles. The summed E-state index contributed by atoms with van der Waals surface area (Å²) in [6.45, 7) is 3.85. The van der Waals surface area contributed by atoms with Crippen LogP contribution in [0.4, 0.5) is 5.82 Å². The first-order chi connectivity index (χ1) is 9.20. The Morgan fingerprint density at radius 1 is 1.26 bits per heavy atom. The molecule has 1 aromatic heterocycles. The number of hydrogen-bond acceptors (Lipinski definition) is 4. The summed E-state index contributed by atoms with van der Waals surface area (Å²) in [5.74, 6) is 0.695. The molecule has 0 unspecified atom stereocenters. The fraction of sp³-hybridized carbons (Fsp3) is 0.133. The zero-order valence-corrected chi connectivity index (χ0v) is 10.9. The van der Waals surface area contributed by atoms with E-state index in [4.69, 9.17) is 5.26 Å². The highest BCUT2D eigenvalue weighted by molar-refractivity contribution is 5.81. The molecule has 0 spiro atoms. The van der Waals surface area contributed by atoms with E-state index in [-0.39, 0.29) is 0 Å². The van der Waals surface area contributed by atoms with E-state index in [1.54, 1.807) is 12.4 Å². The minimum Gasteiger partial charge on any atom is -0.261 e. The largest absolute Gasteiger partial charge is 0.261 e. The lowest BCUT2D eigenvalue weighted by Gasteiger charge is -2.04. The predicted molar refractivity (Wildman–Crippen MR) is 76.1 cm³/mol. The fourth-order valence-electron chi connectivity index (χ4n) is 1.85. The fourth-order valence-corrected chi connectivity index (χ4v) is 1.85. The molecule has 0 radical (unpaired) electrons. The van der Waals surface area contributed by atoms with E-state index in [2.05, 4.69) is 21.6 Å². The summed E-state index contributed by atoms with van der Waals surface area (Å²) in [5.41, 5.74) is 6.46. The number of rotatable bonds is 3. The molecular weight excluding hydrogens is 236 g/mol. The zero-order chi connectivity index (χ0) is 13.7. The third-order valence-electron chi connectivity index (χ3n) is 2.72. The van der Waals surface area contributed by atoms with Crippen molar-refractivity contribution in [2.75, 3.05) is 5.43 Å². The topological polar surface area (TPSA) is 61.1 Å². The summed E-state index contributed by atoms with van der Waals surface area (Å²) in [7, 11) is 0. The summed E-state index contributed by atoms with van der Waals surface area (Å²) in [6.07, 6.45) is 3.42. The van der Waals surface area contributed by atoms with Crippen molar-refractivity contribution in [2.24, 2.45) is 5.10 Å². The molecule has 0 saturated heterocycles. The summed E-state index contributed by atoms with van der Waals surface area (Å²) >= 11 is 0. The quantitative estimate of drug-likeness (QED) is 0.672. The zero-order valence-electron chi connectivity index (χ0n) is 10.9. The van der Waals surface area contributed by atoms with Crippen molar-refractivity contribution in [3.8, 4) is 6.07 Å². The molecule has 2 aromatic rings. The second-order valence-electron chi connectivity index (χ2n) is 4.23. The van der Waals surface area contributed by atoms with Gasteiger partial charge in [0.25, 0.3) is 0 Å². The number of anilines is 1. The minimum atomic E-state index is 0.695. The van der Waals surface area contributed by atoms with Gasteiger partial charge in [0.05, 0.1) is 17.8 Å². The SMILES string of the molecule is Cc1cc(/C=N/Nc2ccccn2)cc(C)c1C#N. The maximum absolute atomic E-state index is 9.01. The van der Waals surface area contributed by atoms with Crippen LogP contribution in [0.5, 0.6) is 0 Å². The molecule has 2 rings (SSSR count). The molecule has 0 atom stereocenters. The molecule has 0 bridgehead atoms.